The van der Waals surface area contributed by atoms with Gasteiger partial charge in [0, 0.05) is 28.7 Å². The molecule has 1 aliphatic carbocycles. The number of rotatable bonds is 5. The fourth-order valence-corrected chi connectivity index (χ4v) is 2.52. The van der Waals surface area contributed by atoms with Crippen molar-refractivity contribution in [2.45, 2.75) is 24.3 Å². The van der Waals surface area contributed by atoms with Crippen LogP contribution in [-0.2, 0) is 20.4 Å². The van der Waals surface area contributed by atoms with Crippen molar-refractivity contribution in [1.82, 2.24) is 5.32 Å². The highest BCUT2D eigenvalue weighted by Gasteiger charge is 2.29. The zero-order valence-electron chi connectivity index (χ0n) is 10.3. The van der Waals surface area contributed by atoms with Gasteiger partial charge >= 0.3 is 0 Å². The van der Waals surface area contributed by atoms with Gasteiger partial charge in [0.25, 0.3) is 9.05 Å². The van der Waals surface area contributed by atoms with E-state index in [1.165, 1.54) is 25.3 Å². The Bertz CT molecular complexity index is 596. The summed E-state index contributed by atoms with van der Waals surface area (Å²) < 4.78 is 27.7. The predicted octanol–water partition coefficient (Wildman–Crippen LogP) is 1.65. The van der Waals surface area contributed by atoms with Gasteiger partial charge < -0.3 is 10.1 Å². The van der Waals surface area contributed by atoms with Crippen molar-refractivity contribution in [3.05, 3.63) is 23.8 Å². The highest BCUT2D eigenvalue weighted by molar-refractivity contribution is 8.13. The number of benzene rings is 1. The van der Waals surface area contributed by atoms with Crippen molar-refractivity contribution < 1.29 is 17.9 Å². The van der Waals surface area contributed by atoms with Crippen LogP contribution in [0.1, 0.15) is 18.4 Å². The van der Waals surface area contributed by atoms with Gasteiger partial charge in [0.15, 0.2) is 0 Å². The van der Waals surface area contributed by atoms with Crippen molar-refractivity contribution in [2.75, 3.05) is 7.11 Å². The van der Waals surface area contributed by atoms with Gasteiger partial charge in [-0.25, -0.2) is 8.42 Å². The van der Waals surface area contributed by atoms with Crippen LogP contribution in [0.2, 0.25) is 0 Å². The first kappa shape index (κ1) is 14.1. The van der Waals surface area contributed by atoms with Crippen molar-refractivity contribution in [3.8, 4) is 5.75 Å². The lowest BCUT2D eigenvalue weighted by atomic mass is 10.2. The molecule has 0 saturated heterocycles. The van der Waals surface area contributed by atoms with E-state index in [1.807, 2.05) is 0 Å². The second-order valence-corrected chi connectivity index (χ2v) is 6.97. The minimum absolute atomic E-state index is 0.00867. The molecule has 1 N–H and O–H groups in total. The Morgan fingerprint density at radius 1 is 1.47 bits per heavy atom. The minimum Gasteiger partial charge on any atom is -0.496 e. The Balaban J connectivity index is 2.18. The molecule has 7 heteroatoms. The number of hydrogen-bond acceptors (Lipinski definition) is 4. The monoisotopic (exact) mass is 303 g/mol. The van der Waals surface area contributed by atoms with Crippen LogP contribution in [0.5, 0.6) is 5.75 Å². The van der Waals surface area contributed by atoms with Gasteiger partial charge in [-0.15, -0.1) is 0 Å². The van der Waals surface area contributed by atoms with Crippen molar-refractivity contribution in [3.63, 3.8) is 0 Å². The second kappa shape index (κ2) is 5.38. The van der Waals surface area contributed by atoms with E-state index in [9.17, 15) is 13.2 Å². The van der Waals surface area contributed by atoms with E-state index in [0.717, 1.165) is 12.8 Å². The maximum Gasteiger partial charge on any atom is 0.261 e. The van der Waals surface area contributed by atoms with Crippen molar-refractivity contribution in [1.29, 1.82) is 0 Å². The van der Waals surface area contributed by atoms with Crippen LogP contribution in [0.4, 0.5) is 0 Å². The van der Waals surface area contributed by atoms with E-state index in [1.54, 1.807) is 0 Å². The molecule has 0 atom stereocenters. The largest absolute Gasteiger partial charge is 0.496 e. The molecule has 1 fully saturated rings. The summed E-state index contributed by atoms with van der Waals surface area (Å²) >= 11 is 0. The maximum absolute atomic E-state index is 11.6. The highest BCUT2D eigenvalue weighted by atomic mass is 35.7. The third kappa shape index (κ3) is 3.61. The van der Waals surface area contributed by atoms with E-state index in [-0.39, 0.29) is 23.3 Å². The number of carbonyl (C=O) groups excluding carboxylic acids is 1. The molecule has 1 aliphatic rings. The molecule has 0 unspecified atom stereocenters. The molecular weight excluding hydrogens is 290 g/mol. The number of nitrogens with one attached hydrogen (secondary N) is 1. The van der Waals surface area contributed by atoms with Crippen LogP contribution in [0.25, 0.3) is 0 Å². The average Bonchev–Trinajstić information content (AvgIpc) is 3.18. The number of hydrogen-bond donors (Lipinski definition) is 1. The molecule has 0 radical (unpaired) electrons. The molecule has 0 aromatic heterocycles. The molecule has 0 heterocycles. The van der Waals surface area contributed by atoms with E-state index in [2.05, 4.69) is 5.32 Å². The highest BCUT2D eigenvalue weighted by Crippen LogP contribution is 2.29. The molecule has 1 saturated carbocycles. The molecule has 1 amide bonds. The van der Waals surface area contributed by atoms with Crippen LogP contribution >= 0.6 is 10.7 Å². The number of methoxy groups -OCH3 is 1. The summed E-state index contributed by atoms with van der Waals surface area (Å²) in [6.45, 7) is 0.221. The van der Waals surface area contributed by atoms with Gasteiger partial charge in [-0.3, -0.25) is 4.79 Å². The summed E-state index contributed by atoms with van der Waals surface area (Å²) in [5.41, 5.74) is 0.582. The molecule has 5 nitrogen and oxygen atoms in total. The molecule has 1 aromatic rings. The molecular formula is C12H14ClNO4S. The topological polar surface area (TPSA) is 72.5 Å². The van der Waals surface area contributed by atoms with Gasteiger partial charge in [-0.1, -0.05) is 0 Å². The summed E-state index contributed by atoms with van der Waals surface area (Å²) in [6, 6.07) is 4.30. The average molecular weight is 304 g/mol. The normalized spacial score (nSPS) is 15.1. The second-order valence-electron chi connectivity index (χ2n) is 4.40. The van der Waals surface area contributed by atoms with E-state index < -0.39 is 9.05 Å². The van der Waals surface area contributed by atoms with Crippen LogP contribution in [-0.4, -0.2) is 21.4 Å². The lowest BCUT2D eigenvalue weighted by Gasteiger charge is -2.10. The first-order valence-electron chi connectivity index (χ1n) is 5.81. The standard InChI is InChI=1S/C12H14ClNO4S/c1-18-11-5-4-10(19(13,16)17)6-9(11)7-14-12(15)8-2-3-8/h4-6,8H,2-3,7H2,1H3,(H,14,15). The quantitative estimate of drug-likeness (QED) is 0.840. The van der Waals surface area contributed by atoms with Crippen LogP contribution < -0.4 is 10.1 Å². The number of halogens is 1. The Labute approximate surface area is 116 Å². The van der Waals surface area contributed by atoms with E-state index in [0.29, 0.717) is 11.3 Å². The maximum atomic E-state index is 11.6. The predicted molar refractivity (Wildman–Crippen MR) is 70.6 cm³/mol. The van der Waals surface area contributed by atoms with E-state index in [4.69, 9.17) is 15.4 Å². The van der Waals surface area contributed by atoms with Crippen molar-refractivity contribution >= 4 is 25.6 Å². The number of ether oxygens (including phenoxy) is 1. The fraction of sp³-hybridized carbons (Fsp3) is 0.417. The minimum atomic E-state index is -3.79. The van der Waals surface area contributed by atoms with Crippen LogP contribution in [0, 0.1) is 5.92 Å². The third-order valence-corrected chi connectivity index (χ3v) is 4.29. The molecule has 0 bridgehead atoms. The summed E-state index contributed by atoms with van der Waals surface area (Å²) in [4.78, 5) is 11.6. The zero-order valence-corrected chi connectivity index (χ0v) is 11.9. The Morgan fingerprint density at radius 2 is 2.16 bits per heavy atom. The van der Waals surface area contributed by atoms with Crippen LogP contribution in [0.15, 0.2) is 23.1 Å². The molecule has 2 rings (SSSR count). The summed E-state index contributed by atoms with van der Waals surface area (Å²) in [5.74, 6) is 0.604. The molecule has 19 heavy (non-hydrogen) atoms. The third-order valence-electron chi connectivity index (χ3n) is 2.93. The molecule has 104 valence electrons. The lowest BCUT2D eigenvalue weighted by molar-refractivity contribution is -0.122. The first-order chi connectivity index (χ1) is 8.91. The SMILES string of the molecule is COc1ccc(S(=O)(=O)Cl)cc1CNC(=O)C1CC1. The van der Waals surface area contributed by atoms with Crippen LogP contribution in [0.3, 0.4) is 0 Å². The van der Waals surface area contributed by atoms with Gasteiger partial charge in [0.2, 0.25) is 5.91 Å². The molecule has 0 aliphatic heterocycles. The lowest BCUT2D eigenvalue weighted by Crippen LogP contribution is -2.24. The first-order valence-corrected chi connectivity index (χ1v) is 8.12. The number of amides is 1. The van der Waals surface area contributed by atoms with E-state index >= 15 is 0 Å². The Morgan fingerprint density at radius 3 is 2.68 bits per heavy atom. The van der Waals surface area contributed by atoms with Gasteiger partial charge in [-0.2, -0.15) is 0 Å². The molecule has 1 aromatic carbocycles. The van der Waals surface area contributed by atoms with Gasteiger partial charge in [-0.05, 0) is 31.0 Å². The summed E-state index contributed by atoms with van der Waals surface area (Å²) in [5, 5.41) is 2.76. The van der Waals surface area contributed by atoms with Gasteiger partial charge in [0.05, 0.1) is 12.0 Å². The fourth-order valence-electron chi connectivity index (χ4n) is 1.72. The Kier molecular flexibility index (Phi) is 4.01. The number of carbonyl (C=O) groups is 1. The smallest absolute Gasteiger partial charge is 0.261 e. The summed E-state index contributed by atoms with van der Waals surface area (Å²) in [7, 11) is 2.99. The summed E-state index contributed by atoms with van der Waals surface area (Å²) in [6.07, 6.45) is 1.83. The zero-order chi connectivity index (χ0) is 14.0. The molecule has 0 spiro atoms. The van der Waals surface area contributed by atoms with Gasteiger partial charge in [0.1, 0.15) is 5.75 Å². The van der Waals surface area contributed by atoms with Crippen molar-refractivity contribution in [2.24, 2.45) is 5.92 Å². The Hall–Kier alpha value is -1.27.